The maximum atomic E-state index is 13.6. The van der Waals surface area contributed by atoms with Gasteiger partial charge in [0.2, 0.25) is 5.95 Å². The second kappa shape index (κ2) is 11.3. The van der Waals surface area contributed by atoms with Crippen LogP contribution in [0.4, 0.5) is 22.0 Å². The molecule has 0 amide bonds. The van der Waals surface area contributed by atoms with Crippen molar-refractivity contribution in [3.63, 3.8) is 0 Å². The minimum atomic E-state index is -0.191. The topological polar surface area (TPSA) is 56.3 Å². The van der Waals surface area contributed by atoms with Crippen LogP contribution in [0.15, 0.2) is 30.3 Å². The van der Waals surface area contributed by atoms with Gasteiger partial charge >= 0.3 is 0 Å². The molecule has 1 saturated carbocycles. The molecule has 6 nitrogen and oxygen atoms in total. The summed E-state index contributed by atoms with van der Waals surface area (Å²) in [5, 5.41) is 7.30. The number of anilines is 3. The van der Waals surface area contributed by atoms with Crippen molar-refractivity contribution in [2.24, 2.45) is 5.92 Å². The average molecular weight is 511 g/mol. The quantitative estimate of drug-likeness (QED) is 0.488. The number of aromatic nitrogens is 2. The van der Waals surface area contributed by atoms with Crippen molar-refractivity contribution in [3.05, 3.63) is 41.7 Å². The van der Waals surface area contributed by atoms with E-state index in [4.69, 9.17) is 22.2 Å². The molecule has 2 saturated heterocycles. The molecule has 3 fully saturated rings. The number of nitrogens with zero attached hydrogens (tertiary/aromatic N) is 4. The van der Waals surface area contributed by atoms with E-state index in [1.54, 1.807) is 12.1 Å². The number of nitrogens with one attached hydrogen (secondary N) is 2. The van der Waals surface area contributed by atoms with E-state index in [-0.39, 0.29) is 11.2 Å². The molecule has 5 rings (SSSR count). The summed E-state index contributed by atoms with van der Waals surface area (Å²) in [7, 11) is 0. The highest BCUT2D eigenvalue weighted by atomic mass is 32.1. The van der Waals surface area contributed by atoms with Gasteiger partial charge in [-0.2, -0.15) is 9.97 Å². The number of hydrogen-bond acceptors (Lipinski definition) is 5. The molecule has 0 radical (unpaired) electrons. The fraction of sp³-hybridized carbons (Fsp3) is 0.607. The molecule has 0 bridgehead atoms. The molecule has 2 N–H and O–H groups in total. The molecule has 1 aromatic heterocycles. The molecule has 0 atom stereocenters. The summed E-state index contributed by atoms with van der Waals surface area (Å²) in [6.45, 7) is 7.17. The van der Waals surface area contributed by atoms with E-state index in [1.165, 1.54) is 50.5 Å². The van der Waals surface area contributed by atoms with Crippen LogP contribution in [0, 0.1) is 11.7 Å². The zero-order chi connectivity index (χ0) is 25.0. The van der Waals surface area contributed by atoms with Crippen LogP contribution in [0.25, 0.3) is 0 Å². The van der Waals surface area contributed by atoms with Crippen LogP contribution < -0.4 is 20.4 Å². The van der Waals surface area contributed by atoms with Crippen LogP contribution >= 0.6 is 12.2 Å². The lowest BCUT2D eigenvalue weighted by Gasteiger charge is -2.38. The summed E-state index contributed by atoms with van der Waals surface area (Å²) < 4.78 is 13.6. The predicted molar refractivity (Wildman–Crippen MR) is 149 cm³/mol. The molecule has 1 aliphatic carbocycles. The highest BCUT2D eigenvalue weighted by Crippen LogP contribution is 2.39. The largest absolute Gasteiger partial charge is 0.361 e. The molecule has 3 heterocycles. The van der Waals surface area contributed by atoms with Crippen molar-refractivity contribution in [2.45, 2.75) is 70.1 Å². The van der Waals surface area contributed by atoms with Gasteiger partial charge in [-0.15, -0.1) is 0 Å². The monoisotopic (exact) mass is 510 g/mol. The van der Waals surface area contributed by atoms with Crippen LogP contribution in [-0.4, -0.2) is 47.8 Å². The van der Waals surface area contributed by atoms with E-state index in [2.05, 4.69) is 33.4 Å². The second-order valence-corrected chi connectivity index (χ2v) is 11.3. The van der Waals surface area contributed by atoms with Crippen LogP contribution in [0.5, 0.6) is 0 Å². The summed E-state index contributed by atoms with van der Waals surface area (Å²) in [5.41, 5.74) is 1.15. The van der Waals surface area contributed by atoms with E-state index < -0.39 is 0 Å². The maximum absolute atomic E-state index is 13.6. The van der Waals surface area contributed by atoms with Crippen molar-refractivity contribution >= 4 is 34.9 Å². The fourth-order valence-corrected chi connectivity index (χ4v) is 6.14. The molecular formula is C28H39FN6S. The third-order valence-electron chi connectivity index (χ3n) is 8.32. The van der Waals surface area contributed by atoms with Crippen LogP contribution in [0.1, 0.15) is 70.3 Å². The Morgan fingerprint density at radius 2 is 1.56 bits per heavy atom. The van der Waals surface area contributed by atoms with Gasteiger partial charge in [0, 0.05) is 44.2 Å². The molecule has 194 valence electrons. The molecule has 3 aliphatic rings. The van der Waals surface area contributed by atoms with Crippen molar-refractivity contribution < 1.29 is 4.39 Å². The zero-order valence-electron chi connectivity index (χ0n) is 21.4. The number of halogens is 1. The van der Waals surface area contributed by atoms with Crippen molar-refractivity contribution in [3.8, 4) is 0 Å². The number of hydrogen-bond donors (Lipinski definition) is 2. The smallest absolute Gasteiger partial charge is 0.232 e. The lowest BCUT2D eigenvalue weighted by atomic mass is 9.69. The SMILES string of the molecule is CC1CCN(c2cc(N3CCCC3)nc(NC(=S)NCC3(c4ccc(F)cc4)CCCCC3)n2)CC1. The first-order chi connectivity index (χ1) is 17.5. The maximum Gasteiger partial charge on any atom is 0.232 e. The third-order valence-corrected chi connectivity index (χ3v) is 8.56. The Morgan fingerprint density at radius 3 is 2.19 bits per heavy atom. The summed E-state index contributed by atoms with van der Waals surface area (Å²) in [4.78, 5) is 14.5. The minimum absolute atomic E-state index is 0.0361. The first kappa shape index (κ1) is 25.2. The standard InChI is InChI=1S/C28H39FN6S/c1-21-11-17-35(18-12-21)25-19-24(34-15-5-6-16-34)31-26(32-25)33-27(36)30-20-28(13-3-2-4-14-28)22-7-9-23(29)10-8-22/h7-10,19,21H,2-6,11-18,20H2,1H3,(H2,30,31,32,33,36). The Hall–Kier alpha value is -2.48. The Kier molecular flexibility index (Phi) is 7.89. The van der Waals surface area contributed by atoms with E-state index in [1.807, 2.05) is 12.1 Å². The Labute approximate surface area is 220 Å². The van der Waals surface area contributed by atoms with E-state index in [0.29, 0.717) is 17.6 Å². The molecule has 0 spiro atoms. The summed E-state index contributed by atoms with van der Waals surface area (Å²) in [6, 6.07) is 9.17. The average Bonchev–Trinajstić information content (AvgIpc) is 3.44. The number of thiocarbonyl (C=S) groups is 1. The molecule has 1 aromatic carbocycles. The molecule has 36 heavy (non-hydrogen) atoms. The first-order valence-electron chi connectivity index (χ1n) is 13.7. The van der Waals surface area contributed by atoms with E-state index in [0.717, 1.165) is 56.6 Å². The molecule has 8 heteroatoms. The molecule has 0 unspecified atom stereocenters. The second-order valence-electron chi connectivity index (χ2n) is 10.9. The van der Waals surface area contributed by atoms with Gasteiger partial charge in [0.25, 0.3) is 0 Å². The van der Waals surface area contributed by atoms with E-state index in [9.17, 15) is 4.39 Å². The van der Waals surface area contributed by atoms with E-state index >= 15 is 0 Å². The first-order valence-corrected chi connectivity index (χ1v) is 14.1. The molecule has 2 aromatic rings. The zero-order valence-corrected chi connectivity index (χ0v) is 22.3. The van der Waals surface area contributed by atoms with Gasteiger partial charge in [-0.1, -0.05) is 38.3 Å². The number of piperidine rings is 1. The third kappa shape index (κ3) is 5.90. The van der Waals surface area contributed by atoms with Crippen LogP contribution in [-0.2, 0) is 5.41 Å². The van der Waals surface area contributed by atoms with Crippen molar-refractivity contribution in [1.29, 1.82) is 0 Å². The number of benzene rings is 1. The highest BCUT2D eigenvalue weighted by Gasteiger charge is 2.34. The fourth-order valence-electron chi connectivity index (χ4n) is 5.98. The Balaban J connectivity index is 1.30. The van der Waals surface area contributed by atoms with Gasteiger partial charge < -0.3 is 20.4 Å². The lowest BCUT2D eigenvalue weighted by molar-refractivity contribution is 0.292. The summed E-state index contributed by atoms with van der Waals surface area (Å²) in [5.74, 6) is 3.10. The normalized spacial score (nSPS) is 20.4. The molecular weight excluding hydrogens is 471 g/mol. The van der Waals surface area contributed by atoms with Gasteiger partial charge in [-0.3, -0.25) is 0 Å². The summed E-state index contributed by atoms with van der Waals surface area (Å²) in [6.07, 6.45) is 10.5. The summed E-state index contributed by atoms with van der Waals surface area (Å²) >= 11 is 5.73. The lowest BCUT2D eigenvalue weighted by Crippen LogP contribution is -2.43. The van der Waals surface area contributed by atoms with Gasteiger partial charge in [0.15, 0.2) is 5.11 Å². The van der Waals surface area contributed by atoms with Crippen LogP contribution in [0.3, 0.4) is 0 Å². The van der Waals surface area contributed by atoms with Gasteiger partial charge in [0.1, 0.15) is 17.5 Å². The van der Waals surface area contributed by atoms with Gasteiger partial charge in [0.05, 0.1) is 0 Å². The van der Waals surface area contributed by atoms with Crippen molar-refractivity contribution in [1.82, 2.24) is 15.3 Å². The predicted octanol–water partition coefficient (Wildman–Crippen LogP) is 5.64. The number of rotatable bonds is 6. The van der Waals surface area contributed by atoms with Crippen LogP contribution in [0.2, 0.25) is 0 Å². The van der Waals surface area contributed by atoms with Gasteiger partial charge in [-0.05, 0) is 74.4 Å². The minimum Gasteiger partial charge on any atom is -0.361 e. The van der Waals surface area contributed by atoms with Crippen molar-refractivity contribution in [2.75, 3.05) is 47.8 Å². The van der Waals surface area contributed by atoms with Gasteiger partial charge in [-0.25, -0.2) is 4.39 Å². The molecule has 2 aliphatic heterocycles. The highest BCUT2D eigenvalue weighted by molar-refractivity contribution is 7.80. The Morgan fingerprint density at radius 1 is 0.944 bits per heavy atom. The Bertz CT molecular complexity index is 1020.